The van der Waals surface area contributed by atoms with Crippen LogP contribution in [0.25, 0.3) is 0 Å². The Morgan fingerprint density at radius 2 is 1.64 bits per heavy atom. The predicted molar refractivity (Wildman–Crippen MR) is 116 cm³/mol. The molecule has 1 aliphatic rings. The highest BCUT2D eigenvalue weighted by molar-refractivity contribution is 14.1. The summed E-state index contributed by atoms with van der Waals surface area (Å²) in [5.74, 6) is 0.680. The largest absolute Gasteiger partial charge is 0.484 e. The van der Waals surface area contributed by atoms with Crippen LogP contribution in [-0.2, 0) is 16.1 Å². The summed E-state index contributed by atoms with van der Waals surface area (Å²) in [5, 5.41) is 2.94. The molecule has 6 nitrogen and oxygen atoms in total. The number of hydrogen-bond acceptors (Lipinski definition) is 4. The normalized spacial score (nSPS) is 14.5. The highest BCUT2D eigenvalue weighted by Gasteiger charge is 2.22. The van der Waals surface area contributed by atoms with Gasteiger partial charge in [-0.25, -0.2) is 0 Å². The topological polar surface area (TPSA) is 61.9 Å². The molecule has 1 heterocycles. The number of carbonyl (C=O) groups excluding carboxylic acids is 2. The van der Waals surface area contributed by atoms with Crippen LogP contribution in [0.4, 0.5) is 0 Å². The Labute approximate surface area is 179 Å². The number of nitrogens with zero attached hydrogens (tertiary/aromatic N) is 2. The van der Waals surface area contributed by atoms with E-state index in [1.165, 1.54) is 0 Å². The molecule has 0 aliphatic carbocycles. The minimum Gasteiger partial charge on any atom is -0.484 e. The zero-order valence-corrected chi connectivity index (χ0v) is 17.8. The van der Waals surface area contributed by atoms with E-state index in [0.29, 0.717) is 45.0 Å². The first-order valence-electron chi connectivity index (χ1n) is 9.29. The molecule has 3 rings (SSSR count). The van der Waals surface area contributed by atoms with Gasteiger partial charge >= 0.3 is 0 Å². The molecule has 0 saturated carbocycles. The summed E-state index contributed by atoms with van der Waals surface area (Å²) < 4.78 is 6.69. The Hall–Kier alpha value is -2.13. The maximum absolute atomic E-state index is 12.3. The van der Waals surface area contributed by atoms with Crippen LogP contribution >= 0.6 is 22.6 Å². The third-order valence-electron chi connectivity index (χ3n) is 4.60. The first-order valence-corrected chi connectivity index (χ1v) is 10.4. The number of ether oxygens (including phenoxy) is 1. The summed E-state index contributed by atoms with van der Waals surface area (Å²) >= 11 is 2.23. The number of carbonyl (C=O) groups is 2. The molecule has 1 aliphatic heterocycles. The van der Waals surface area contributed by atoms with Crippen LogP contribution in [-0.4, -0.2) is 60.9 Å². The van der Waals surface area contributed by atoms with Gasteiger partial charge in [0, 0.05) is 36.3 Å². The number of piperazine rings is 1. The molecule has 148 valence electrons. The maximum atomic E-state index is 12.3. The van der Waals surface area contributed by atoms with Crippen LogP contribution in [0.3, 0.4) is 0 Å². The van der Waals surface area contributed by atoms with Crippen molar-refractivity contribution in [2.24, 2.45) is 0 Å². The number of rotatable bonds is 7. The summed E-state index contributed by atoms with van der Waals surface area (Å²) in [6.45, 7) is 3.53. The van der Waals surface area contributed by atoms with Crippen molar-refractivity contribution in [2.45, 2.75) is 6.54 Å². The average molecular weight is 493 g/mol. The van der Waals surface area contributed by atoms with Crippen molar-refractivity contribution in [3.05, 3.63) is 63.7 Å². The van der Waals surface area contributed by atoms with Crippen LogP contribution in [0.5, 0.6) is 5.75 Å². The molecule has 7 heteroatoms. The van der Waals surface area contributed by atoms with Gasteiger partial charge in [-0.1, -0.05) is 30.3 Å². The van der Waals surface area contributed by atoms with E-state index in [9.17, 15) is 9.59 Å². The molecule has 1 fully saturated rings. The molecule has 1 saturated heterocycles. The van der Waals surface area contributed by atoms with Crippen molar-refractivity contribution in [1.29, 1.82) is 0 Å². The fourth-order valence-corrected chi connectivity index (χ4v) is 3.34. The number of benzene rings is 2. The van der Waals surface area contributed by atoms with Crippen LogP contribution < -0.4 is 10.1 Å². The third-order valence-corrected chi connectivity index (χ3v) is 5.32. The van der Waals surface area contributed by atoms with E-state index >= 15 is 0 Å². The van der Waals surface area contributed by atoms with Crippen LogP contribution in [0.1, 0.15) is 5.56 Å². The van der Waals surface area contributed by atoms with Gasteiger partial charge in [-0.05, 0) is 52.4 Å². The first kappa shape index (κ1) is 20.6. The van der Waals surface area contributed by atoms with Crippen molar-refractivity contribution in [3.8, 4) is 5.75 Å². The number of hydrogen-bond donors (Lipinski definition) is 1. The van der Waals surface area contributed by atoms with E-state index < -0.39 is 0 Å². The Morgan fingerprint density at radius 3 is 2.32 bits per heavy atom. The summed E-state index contributed by atoms with van der Waals surface area (Å²) in [7, 11) is 0. The third kappa shape index (κ3) is 6.49. The summed E-state index contributed by atoms with van der Waals surface area (Å²) in [5.41, 5.74) is 1.08. The lowest BCUT2D eigenvalue weighted by Crippen LogP contribution is -2.52. The number of nitrogens with one attached hydrogen (secondary N) is 1. The molecular weight excluding hydrogens is 469 g/mol. The second-order valence-electron chi connectivity index (χ2n) is 6.66. The van der Waals surface area contributed by atoms with E-state index in [4.69, 9.17) is 4.74 Å². The van der Waals surface area contributed by atoms with Gasteiger partial charge in [0.1, 0.15) is 5.75 Å². The first-order chi connectivity index (χ1) is 13.6. The molecule has 0 atom stereocenters. The minimum absolute atomic E-state index is 0.00525. The second kappa shape index (κ2) is 10.4. The highest BCUT2D eigenvalue weighted by atomic mass is 127. The summed E-state index contributed by atoms with van der Waals surface area (Å²) in [6.07, 6.45) is 0. The van der Waals surface area contributed by atoms with E-state index in [1.807, 2.05) is 54.6 Å². The molecule has 28 heavy (non-hydrogen) atoms. The van der Waals surface area contributed by atoms with Crippen molar-refractivity contribution >= 4 is 34.4 Å². The smallest absolute Gasteiger partial charge is 0.260 e. The van der Waals surface area contributed by atoms with Gasteiger partial charge in [-0.2, -0.15) is 0 Å². The van der Waals surface area contributed by atoms with E-state index in [-0.39, 0.29) is 18.4 Å². The molecule has 0 bridgehead atoms. The monoisotopic (exact) mass is 493 g/mol. The lowest BCUT2D eigenvalue weighted by molar-refractivity contribution is -0.135. The fraction of sp³-hybridized carbons (Fsp3) is 0.333. The molecule has 2 aromatic rings. The lowest BCUT2D eigenvalue weighted by atomic mass is 10.2. The van der Waals surface area contributed by atoms with Gasteiger partial charge in [0.05, 0.1) is 6.54 Å². The van der Waals surface area contributed by atoms with Gasteiger partial charge in [-0.15, -0.1) is 0 Å². The molecule has 0 radical (unpaired) electrons. The summed E-state index contributed by atoms with van der Waals surface area (Å²) in [4.78, 5) is 28.3. The highest BCUT2D eigenvalue weighted by Crippen LogP contribution is 2.13. The Bertz CT molecular complexity index is 775. The molecule has 2 aromatic carbocycles. The molecule has 0 spiro atoms. The molecule has 0 unspecified atom stereocenters. The van der Waals surface area contributed by atoms with Gasteiger partial charge in [-0.3, -0.25) is 14.5 Å². The maximum Gasteiger partial charge on any atom is 0.260 e. The van der Waals surface area contributed by atoms with Gasteiger partial charge in [0.2, 0.25) is 5.91 Å². The van der Waals surface area contributed by atoms with Gasteiger partial charge < -0.3 is 15.0 Å². The molecule has 0 aromatic heterocycles. The van der Waals surface area contributed by atoms with E-state index in [1.54, 1.807) is 4.90 Å². The van der Waals surface area contributed by atoms with E-state index in [0.717, 1.165) is 9.13 Å². The molecule has 1 N–H and O–H groups in total. The van der Waals surface area contributed by atoms with Crippen LogP contribution in [0.2, 0.25) is 0 Å². The Morgan fingerprint density at radius 1 is 0.964 bits per heavy atom. The van der Waals surface area contributed by atoms with Gasteiger partial charge in [0.25, 0.3) is 5.91 Å². The number of amides is 2. The SMILES string of the molecule is O=C(CN1CCN(C(=O)COc2ccc(I)cc2)CC1)NCc1ccccc1. The van der Waals surface area contributed by atoms with Crippen molar-refractivity contribution in [1.82, 2.24) is 15.1 Å². The van der Waals surface area contributed by atoms with Crippen molar-refractivity contribution in [2.75, 3.05) is 39.3 Å². The summed E-state index contributed by atoms with van der Waals surface area (Å²) in [6, 6.07) is 17.5. The Balaban J connectivity index is 1.34. The zero-order valence-electron chi connectivity index (χ0n) is 15.6. The molecule has 2 amide bonds. The van der Waals surface area contributed by atoms with Crippen molar-refractivity contribution in [3.63, 3.8) is 0 Å². The molecular formula is C21H24IN3O3. The van der Waals surface area contributed by atoms with E-state index in [2.05, 4.69) is 32.8 Å². The van der Waals surface area contributed by atoms with Crippen LogP contribution in [0.15, 0.2) is 54.6 Å². The quantitative estimate of drug-likeness (QED) is 0.601. The minimum atomic E-state index is -0.0215. The Kier molecular flexibility index (Phi) is 7.67. The lowest BCUT2D eigenvalue weighted by Gasteiger charge is -2.34. The average Bonchev–Trinajstić information content (AvgIpc) is 2.73. The zero-order chi connectivity index (χ0) is 19.8. The predicted octanol–water partition coefficient (Wildman–Crippen LogP) is 2.13. The number of halogens is 1. The van der Waals surface area contributed by atoms with Crippen LogP contribution in [0, 0.1) is 3.57 Å². The van der Waals surface area contributed by atoms with Gasteiger partial charge in [0.15, 0.2) is 6.61 Å². The fourth-order valence-electron chi connectivity index (χ4n) is 2.98. The van der Waals surface area contributed by atoms with Crippen molar-refractivity contribution < 1.29 is 14.3 Å². The second-order valence-corrected chi connectivity index (χ2v) is 7.91. The standard InChI is InChI=1S/C21H24IN3O3/c22-18-6-8-19(9-7-18)28-16-21(27)25-12-10-24(11-13-25)15-20(26)23-14-17-4-2-1-3-5-17/h1-9H,10-16H2,(H,23,26).